The molecule has 2 aliphatic heterocycles. The van der Waals surface area contributed by atoms with Crippen LogP contribution >= 0.6 is 0 Å². The minimum Gasteiger partial charge on any atom is -0.465 e. The minimum atomic E-state index is -0.868. The summed E-state index contributed by atoms with van der Waals surface area (Å²) in [6.07, 6.45) is -1.96. The van der Waals surface area contributed by atoms with Crippen LogP contribution in [0.3, 0.4) is 0 Å². The van der Waals surface area contributed by atoms with E-state index in [-0.39, 0.29) is 17.9 Å². The molecule has 0 radical (unpaired) electrons. The number of anilines is 2. The van der Waals surface area contributed by atoms with Gasteiger partial charge in [0.05, 0.1) is 6.54 Å². The van der Waals surface area contributed by atoms with E-state index in [4.69, 9.17) is 9.15 Å². The van der Waals surface area contributed by atoms with E-state index < -0.39 is 18.3 Å². The van der Waals surface area contributed by atoms with Crippen LogP contribution < -0.4 is 10.6 Å². The van der Waals surface area contributed by atoms with Gasteiger partial charge in [0.1, 0.15) is 0 Å². The standard InChI is InChI=1S/C20H26N6O5/c1-11-6-14(10-25-4-5-26(20(28)29)12(2)9-25)13(3)15(7-11)22-18-24-23-17(31-18)16-8-21-19(27)30-16/h6-7,12,16H,4-5,8-10H2,1-3H3,(H,21,27)(H,22,24)(H,28,29)/t12-,16-/m0/s1. The Bertz CT molecular complexity index is 992. The van der Waals surface area contributed by atoms with Crippen molar-refractivity contribution < 1.29 is 23.8 Å². The van der Waals surface area contributed by atoms with Crippen LogP contribution in [0, 0.1) is 13.8 Å². The van der Waals surface area contributed by atoms with Gasteiger partial charge in [0.25, 0.3) is 5.89 Å². The number of hydrogen-bond acceptors (Lipinski definition) is 8. The second kappa shape index (κ2) is 8.42. The third-order valence-electron chi connectivity index (χ3n) is 5.65. The van der Waals surface area contributed by atoms with Gasteiger partial charge in [-0.3, -0.25) is 4.90 Å². The number of carbonyl (C=O) groups is 2. The van der Waals surface area contributed by atoms with Gasteiger partial charge in [-0.25, -0.2) is 9.59 Å². The van der Waals surface area contributed by atoms with Crippen molar-refractivity contribution in [3.05, 3.63) is 34.7 Å². The summed E-state index contributed by atoms with van der Waals surface area (Å²) in [6, 6.07) is 4.31. The monoisotopic (exact) mass is 430 g/mol. The molecule has 31 heavy (non-hydrogen) atoms. The van der Waals surface area contributed by atoms with Gasteiger partial charge in [0, 0.05) is 37.9 Å². The Kier molecular flexibility index (Phi) is 5.68. The van der Waals surface area contributed by atoms with Crippen molar-refractivity contribution in [2.75, 3.05) is 31.5 Å². The third-order valence-corrected chi connectivity index (χ3v) is 5.65. The van der Waals surface area contributed by atoms with Gasteiger partial charge in [-0.05, 0) is 43.5 Å². The highest BCUT2D eigenvalue weighted by Gasteiger charge is 2.30. The molecule has 3 heterocycles. The molecule has 0 spiro atoms. The van der Waals surface area contributed by atoms with Crippen molar-refractivity contribution in [2.24, 2.45) is 0 Å². The van der Waals surface area contributed by atoms with E-state index in [1.165, 1.54) is 4.90 Å². The zero-order chi connectivity index (χ0) is 22.1. The van der Waals surface area contributed by atoms with Gasteiger partial charge in [-0.2, -0.15) is 0 Å². The summed E-state index contributed by atoms with van der Waals surface area (Å²) in [5.74, 6) is 0.233. The fraction of sp³-hybridized carbons (Fsp3) is 0.500. The molecule has 0 saturated carbocycles. The van der Waals surface area contributed by atoms with E-state index in [9.17, 15) is 14.7 Å². The zero-order valence-electron chi connectivity index (χ0n) is 17.7. The molecule has 0 aliphatic carbocycles. The lowest BCUT2D eigenvalue weighted by atomic mass is 10.0. The molecule has 0 unspecified atom stereocenters. The molecule has 2 fully saturated rings. The lowest BCUT2D eigenvalue weighted by Crippen LogP contribution is -2.53. The first-order chi connectivity index (χ1) is 14.8. The van der Waals surface area contributed by atoms with Gasteiger partial charge in [-0.1, -0.05) is 11.2 Å². The molecule has 0 bridgehead atoms. The van der Waals surface area contributed by atoms with Gasteiger partial charge < -0.3 is 29.8 Å². The summed E-state index contributed by atoms with van der Waals surface area (Å²) in [5, 5.41) is 23.0. The average molecular weight is 430 g/mol. The quantitative estimate of drug-likeness (QED) is 0.654. The number of nitrogens with zero attached hydrogens (tertiary/aromatic N) is 4. The van der Waals surface area contributed by atoms with Crippen LogP contribution in [0.4, 0.5) is 21.3 Å². The smallest absolute Gasteiger partial charge is 0.408 e. The number of ether oxygens (including phenoxy) is 1. The number of cyclic esters (lactones) is 1. The molecule has 166 valence electrons. The highest BCUT2D eigenvalue weighted by molar-refractivity contribution is 5.69. The van der Waals surface area contributed by atoms with Crippen LogP contribution in [0.2, 0.25) is 0 Å². The van der Waals surface area contributed by atoms with E-state index >= 15 is 0 Å². The van der Waals surface area contributed by atoms with Gasteiger partial charge in [0.2, 0.25) is 0 Å². The van der Waals surface area contributed by atoms with Crippen LogP contribution in [-0.2, 0) is 11.3 Å². The van der Waals surface area contributed by atoms with E-state index in [0.29, 0.717) is 26.2 Å². The van der Waals surface area contributed by atoms with Gasteiger partial charge >= 0.3 is 18.2 Å². The van der Waals surface area contributed by atoms with Crippen molar-refractivity contribution in [1.82, 2.24) is 25.3 Å². The fourth-order valence-corrected chi connectivity index (χ4v) is 3.99. The number of amides is 2. The Balaban J connectivity index is 1.46. The maximum absolute atomic E-state index is 11.3. The van der Waals surface area contributed by atoms with Gasteiger partial charge in [-0.15, -0.1) is 5.10 Å². The molecular weight excluding hydrogens is 404 g/mol. The fourth-order valence-electron chi connectivity index (χ4n) is 3.99. The van der Waals surface area contributed by atoms with Crippen LogP contribution in [0.5, 0.6) is 0 Å². The maximum atomic E-state index is 11.3. The first-order valence-electron chi connectivity index (χ1n) is 10.2. The minimum absolute atomic E-state index is 0.0510. The summed E-state index contributed by atoms with van der Waals surface area (Å²) >= 11 is 0. The molecule has 4 rings (SSSR count). The Morgan fingerprint density at radius 1 is 1.32 bits per heavy atom. The SMILES string of the molecule is Cc1cc(CN2CCN(C(=O)O)[C@@H](C)C2)c(C)c(Nc2nnc([C@@H]3CNC(=O)O3)o2)c1. The number of benzene rings is 1. The normalized spacial score (nSPS) is 21.6. The van der Waals surface area contributed by atoms with Crippen molar-refractivity contribution in [1.29, 1.82) is 0 Å². The number of rotatable bonds is 5. The summed E-state index contributed by atoms with van der Waals surface area (Å²) in [4.78, 5) is 26.3. The van der Waals surface area contributed by atoms with Crippen molar-refractivity contribution in [3.8, 4) is 0 Å². The predicted octanol–water partition coefficient (Wildman–Crippen LogP) is 2.40. The Hall–Kier alpha value is -3.34. The maximum Gasteiger partial charge on any atom is 0.408 e. The van der Waals surface area contributed by atoms with E-state index in [1.807, 2.05) is 26.8 Å². The van der Waals surface area contributed by atoms with E-state index in [2.05, 4.69) is 31.8 Å². The number of aryl methyl sites for hydroxylation is 1. The van der Waals surface area contributed by atoms with Crippen LogP contribution in [-0.4, -0.2) is 69.5 Å². The van der Waals surface area contributed by atoms with Crippen molar-refractivity contribution in [3.63, 3.8) is 0 Å². The number of carboxylic acid groups (broad SMARTS) is 1. The molecule has 11 heteroatoms. The van der Waals surface area contributed by atoms with Crippen molar-refractivity contribution >= 4 is 23.9 Å². The van der Waals surface area contributed by atoms with Crippen LogP contribution in [0.15, 0.2) is 16.5 Å². The predicted molar refractivity (Wildman–Crippen MR) is 110 cm³/mol. The number of carbonyl (C=O) groups excluding carboxylic acids is 1. The number of aromatic nitrogens is 2. The summed E-state index contributed by atoms with van der Waals surface area (Å²) in [6.45, 7) is 8.85. The van der Waals surface area contributed by atoms with Crippen molar-refractivity contribution in [2.45, 2.75) is 39.5 Å². The molecule has 2 atom stereocenters. The molecule has 1 aromatic carbocycles. The zero-order valence-corrected chi connectivity index (χ0v) is 17.7. The number of hydrogen-bond donors (Lipinski definition) is 3. The number of alkyl carbamates (subject to hydrolysis) is 1. The highest BCUT2D eigenvalue weighted by atomic mass is 16.6. The number of piperazine rings is 1. The lowest BCUT2D eigenvalue weighted by molar-refractivity contribution is 0.0710. The Morgan fingerprint density at radius 3 is 2.81 bits per heavy atom. The second-order valence-corrected chi connectivity index (χ2v) is 8.00. The molecule has 2 amide bonds. The first kappa shape index (κ1) is 20.9. The highest BCUT2D eigenvalue weighted by Crippen LogP contribution is 2.28. The van der Waals surface area contributed by atoms with Crippen LogP contribution in [0.1, 0.15) is 35.6 Å². The third kappa shape index (κ3) is 4.55. The molecule has 11 nitrogen and oxygen atoms in total. The van der Waals surface area contributed by atoms with Gasteiger partial charge in [0.15, 0.2) is 6.10 Å². The molecule has 2 saturated heterocycles. The summed E-state index contributed by atoms with van der Waals surface area (Å²) < 4.78 is 10.7. The molecule has 1 aromatic heterocycles. The van der Waals surface area contributed by atoms with E-state index in [0.717, 1.165) is 28.9 Å². The summed E-state index contributed by atoms with van der Waals surface area (Å²) in [5.41, 5.74) is 4.12. The second-order valence-electron chi connectivity index (χ2n) is 8.00. The lowest BCUT2D eigenvalue weighted by Gasteiger charge is -2.38. The largest absolute Gasteiger partial charge is 0.465 e. The topological polar surface area (TPSA) is 133 Å². The molecule has 3 N–H and O–H groups in total. The van der Waals surface area contributed by atoms with Crippen LogP contribution in [0.25, 0.3) is 0 Å². The Labute approximate surface area is 179 Å². The molecule has 2 aliphatic rings. The summed E-state index contributed by atoms with van der Waals surface area (Å²) in [7, 11) is 0. The van der Waals surface area contributed by atoms with E-state index in [1.54, 1.807) is 0 Å². The first-order valence-corrected chi connectivity index (χ1v) is 10.2. The average Bonchev–Trinajstić information content (AvgIpc) is 3.34. The Morgan fingerprint density at radius 2 is 2.13 bits per heavy atom. The molecular formula is C20H26N6O5. The number of nitrogens with one attached hydrogen (secondary N) is 2. The molecule has 2 aromatic rings.